The van der Waals surface area contributed by atoms with E-state index in [1.54, 1.807) is 30.3 Å². The maximum atomic E-state index is 11.4. The van der Waals surface area contributed by atoms with Crippen molar-refractivity contribution in [2.75, 3.05) is 5.01 Å². The van der Waals surface area contributed by atoms with E-state index in [0.29, 0.717) is 23.7 Å². The number of nitrogens with zero attached hydrogens (tertiary/aromatic N) is 4. The molecule has 0 unspecified atom stereocenters. The topological polar surface area (TPSA) is 117 Å². The number of phenols is 1. The number of aromatic carboxylic acids is 1. The normalized spacial score (nSPS) is 10.9. The number of rotatable bonds is 5. The first kappa shape index (κ1) is 17.5. The first-order valence-electron chi connectivity index (χ1n) is 8.51. The van der Waals surface area contributed by atoms with Crippen molar-refractivity contribution < 1.29 is 15.0 Å². The summed E-state index contributed by atoms with van der Waals surface area (Å²) in [5, 5.41) is 24.4. The molecule has 0 aliphatic rings. The molecule has 0 bridgehead atoms. The van der Waals surface area contributed by atoms with Crippen LogP contribution in [-0.4, -0.2) is 30.8 Å². The molecule has 140 valence electrons. The van der Waals surface area contributed by atoms with E-state index in [-0.39, 0.29) is 11.4 Å². The van der Waals surface area contributed by atoms with E-state index in [0.717, 1.165) is 11.1 Å². The largest absolute Gasteiger partial charge is 0.508 e. The van der Waals surface area contributed by atoms with Crippen LogP contribution in [0.25, 0.3) is 16.9 Å². The van der Waals surface area contributed by atoms with Crippen LogP contribution in [0, 0.1) is 0 Å². The van der Waals surface area contributed by atoms with Gasteiger partial charge in [-0.3, -0.25) is 5.01 Å². The number of hydrazine groups is 1. The fourth-order valence-electron chi connectivity index (χ4n) is 2.91. The van der Waals surface area contributed by atoms with Gasteiger partial charge in [-0.1, -0.05) is 30.3 Å². The number of aromatic hydroxyl groups is 1. The zero-order valence-electron chi connectivity index (χ0n) is 14.7. The Bertz CT molecular complexity index is 1140. The summed E-state index contributed by atoms with van der Waals surface area (Å²) in [6.07, 6.45) is 0. The van der Waals surface area contributed by atoms with Crippen LogP contribution >= 0.6 is 0 Å². The van der Waals surface area contributed by atoms with Gasteiger partial charge in [0.1, 0.15) is 11.6 Å². The highest BCUT2D eigenvalue weighted by Crippen LogP contribution is 2.26. The van der Waals surface area contributed by atoms with Gasteiger partial charge >= 0.3 is 5.97 Å². The Morgan fingerprint density at radius 3 is 2.46 bits per heavy atom. The van der Waals surface area contributed by atoms with E-state index < -0.39 is 5.97 Å². The molecule has 2 heterocycles. The molecule has 0 spiro atoms. The van der Waals surface area contributed by atoms with Crippen LogP contribution in [-0.2, 0) is 6.54 Å². The summed E-state index contributed by atoms with van der Waals surface area (Å²) in [6.45, 7) is 0.400. The second-order valence-corrected chi connectivity index (χ2v) is 6.26. The van der Waals surface area contributed by atoms with Gasteiger partial charge in [0.15, 0.2) is 11.3 Å². The second kappa shape index (κ2) is 7.01. The Kier molecular flexibility index (Phi) is 4.38. The number of aromatic nitrogens is 3. The van der Waals surface area contributed by atoms with Crippen molar-refractivity contribution in [2.24, 2.45) is 5.84 Å². The summed E-state index contributed by atoms with van der Waals surface area (Å²) < 4.78 is 1.41. The highest BCUT2D eigenvalue weighted by atomic mass is 16.4. The van der Waals surface area contributed by atoms with Gasteiger partial charge in [0.05, 0.1) is 12.2 Å². The van der Waals surface area contributed by atoms with Gasteiger partial charge in [-0.2, -0.15) is 9.61 Å². The van der Waals surface area contributed by atoms with Gasteiger partial charge in [0, 0.05) is 17.7 Å². The van der Waals surface area contributed by atoms with Crippen molar-refractivity contribution in [3.05, 3.63) is 78.0 Å². The van der Waals surface area contributed by atoms with Crippen LogP contribution in [0.15, 0.2) is 66.7 Å². The summed E-state index contributed by atoms with van der Waals surface area (Å²) in [5.41, 5.74) is 2.58. The van der Waals surface area contributed by atoms with Crippen molar-refractivity contribution in [3.63, 3.8) is 0 Å². The molecular formula is C20H17N5O3. The van der Waals surface area contributed by atoms with Crippen molar-refractivity contribution in [1.82, 2.24) is 14.6 Å². The average Bonchev–Trinajstić information content (AvgIpc) is 3.13. The van der Waals surface area contributed by atoms with Crippen molar-refractivity contribution in [3.8, 4) is 17.0 Å². The summed E-state index contributed by atoms with van der Waals surface area (Å²) in [5.74, 6) is 5.80. The molecule has 0 saturated heterocycles. The summed E-state index contributed by atoms with van der Waals surface area (Å²) in [7, 11) is 0. The molecule has 8 heteroatoms. The predicted molar refractivity (Wildman–Crippen MR) is 104 cm³/mol. The lowest BCUT2D eigenvalue weighted by Crippen LogP contribution is -2.32. The quantitative estimate of drug-likeness (QED) is 0.363. The molecule has 0 atom stereocenters. The van der Waals surface area contributed by atoms with Gasteiger partial charge in [0.25, 0.3) is 0 Å². The minimum absolute atomic E-state index is 0.121. The van der Waals surface area contributed by atoms with E-state index in [2.05, 4.69) is 10.1 Å². The molecule has 4 aromatic rings. The molecule has 2 aromatic carbocycles. The van der Waals surface area contributed by atoms with Crippen LogP contribution in [0.5, 0.6) is 5.75 Å². The molecule has 4 N–H and O–H groups in total. The third-order valence-corrected chi connectivity index (χ3v) is 4.28. The fourth-order valence-corrected chi connectivity index (χ4v) is 2.91. The number of carbonyl (C=O) groups is 1. The minimum Gasteiger partial charge on any atom is -0.508 e. The summed E-state index contributed by atoms with van der Waals surface area (Å²) in [4.78, 5) is 15.9. The zero-order chi connectivity index (χ0) is 19.7. The Hall–Kier alpha value is -3.91. The number of nitrogens with two attached hydrogens (primary N) is 1. The SMILES string of the molecule is NN(Cc1ccccc1)c1cc(-c2ccc(O)cc2)nc2cc(C(=O)O)nn12. The predicted octanol–water partition coefficient (Wildman–Crippen LogP) is 2.68. The number of hydrogen-bond acceptors (Lipinski definition) is 6. The van der Waals surface area contributed by atoms with E-state index in [1.165, 1.54) is 15.6 Å². The van der Waals surface area contributed by atoms with Crippen LogP contribution in [0.1, 0.15) is 16.1 Å². The number of carboxylic acids is 1. The van der Waals surface area contributed by atoms with Crippen LogP contribution in [0.3, 0.4) is 0 Å². The molecule has 2 aromatic heterocycles. The first-order valence-corrected chi connectivity index (χ1v) is 8.51. The van der Waals surface area contributed by atoms with Crippen LogP contribution < -0.4 is 10.9 Å². The number of hydrogen-bond donors (Lipinski definition) is 3. The number of phenolic OH excluding ortho intramolecular Hbond substituents is 1. The van der Waals surface area contributed by atoms with Gasteiger partial charge in [-0.15, -0.1) is 0 Å². The molecule has 0 amide bonds. The van der Waals surface area contributed by atoms with Gasteiger partial charge in [-0.05, 0) is 29.8 Å². The number of benzene rings is 2. The smallest absolute Gasteiger partial charge is 0.356 e. The Morgan fingerprint density at radius 2 is 1.79 bits per heavy atom. The second-order valence-electron chi connectivity index (χ2n) is 6.26. The van der Waals surface area contributed by atoms with Gasteiger partial charge < -0.3 is 10.2 Å². The van der Waals surface area contributed by atoms with Crippen molar-refractivity contribution in [1.29, 1.82) is 0 Å². The lowest BCUT2D eigenvalue weighted by Gasteiger charge is -2.20. The van der Waals surface area contributed by atoms with E-state index in [1.807, 2.05) is 30.3 Å². The fraction of sp³-hybridized carbons (Fsp3) is 0.0500. The molecule has 0 aliphatic heterocycles. The zero-order valence-corrected chi connectivity index (χ0v) is 14.7. The third-order valence-electron chi connectivity index (χ3n) is 4.28. The molecule has 4 rings (SSSR count). The van der Waals surface area contributed by atoms with E-state index in [9.17, 15) is 15.0 Å². The number of fused-ring (bicyclic) bond motifs is 1. The lowest BCUT2D eigenvalue weighted by molar-refractivity contribution is 0.0690. The standard InChI is InChI=1S/C20H17N5O3/c21-24(12-13-4-2-1-3-5-13)19-11-16(14-6-8-15(26)9-7-14)22-18-10-17(20(27)28)23-25(18)19/h1-11,26H,12,21H2,(H,27,28). The van der Waals surface area contributed by atoms with Crippen LogP contribution in [0.2, 0.25) is 0 Å². The highest BCUT2D eigenvalue weighted by molar-refractivity contribution is 5.87. The first-order chi connectivity index (χ1) is 13.5. The highest BCUT2D eigenvalue weighted by Gasteiger charge is 2.17. The molecule has 0 radical (unpaired) electrons. The molecule has 0 fully saturated rings. The number of anilines is 1. The Balaban J connectivity index is 1.84. The molecule has 8 nitrogen and oxygen atoms in total. The van der Waals surface area contributed by atoms with Crippen molar-refractivity contribution >= 4 is 17.4 Å². The molecule has 28 heavy (non-hydrogen) atoms. The average molecular weight is 375 g/mol. The molecular weight excluding hydrogens is 358 g/mol. The maximum Gasteiger partial charge on any atom is 0.356 e. The van der Waals surface area contributed by atoms with Gasteiger partial charge in [0.2, 0.25) is 0 Å². The Labute approximate surface area is 160 Å². The number of carboxylic acid groups (broad SMARTS) is 1. The third kappa shape index (κ3) is 3.36. The van der Waals surface area contributed by atoms with Crippen LogP contribution in [0.4, 0.5) is 5.82 Å². The Morgan fingerprint density at radius 1 is 1.07 bits per heavy atom. The minimum atomic E-state index is -1.14. The lowest BCUT2D eigenvalue weighted by atomic mass is 10.1. The molecule has 0 aliphatic carbocycles. The monoisotopic (exact) mass is 375 g/mol. The van der Waals surface area contributed by atoms with E-state index in [4.69, 9.17) is 5.84 Å². The van der Waals surface area contributed by atoms with E-state index >= 15 is 0 Å². The summed E-state index contributed by atoms with van der Waals surface area (Å²) in [6, 6.07) is 19.4. The summed E-state index contributed by atoms with van der Waals surface area (Å²) >= 11 is 0. The molecule has 0 saturated carbocycles. The maximum absolute atomic E-state index is 11.4. The van der Waals surface area contributed by atoms with Gasteiger partial charge in [-0.25, -0.2) is 15.6 Å². The van der Waals surface area contributed by atoms with Crippen molar-refractivity contribution in [2.45, 2.75) is 6.54 Å².